The highest BCUT2D eigenvalue weighted by Crippen LogP contribution is 2.60. The second-order valence-corrected chi connectivity index (χ2v) is 13.0. The minimum Gasteiger partial charge on any atom is -0.399 e. The van der Waals surface area contributed by atoms with Crippen LogP contribution in [0.15, 0.2) is 115 Å². The van der Waals surface area contributed by atoms with Crippen molar-refractivity contribution in [2.24, 2.45) is 0 Å². The molecule has 5 heteroatoms. The molecule has 0 amide bonds. The minimum atomic E-state index is -0.522. The molecule has 3 heterocycles. The van der Waals surface area contributed by atoms with Crippen LogP contribution in [0.2, 0.25) is 0 Å². The van der Waals surface area contributed by atoms with Crippen LogP contribution in [0.1, 0.15) is 49.9 Å². The standard InChI is InChI=1S/C38H31BN2O2/c1-36(2)37(3,4)43-39(42-36)25-21-22-27-26-15-8-9-16-28(26)38(31(27)23-25)29-17-10-11-20-33(29)41-34-30(38)18-12-19-32(34)40-35(41)24-13-6-5-7-14-24/h5-23H,1-4H3. The molecule has 1 spiro atoms. The summed E-state index contributed by atoms with van der Waals surface area (Å²) in [5.74, 6) is 0.961. The molecule has 1 atom stereocenters. The van der Waals surface area contributed by atoms with Crippen LogP contribution in [-0.4, -0.2) is 27.9 Å². The van der Waals surface area contributed by atoms with E-state index in [2.05, 4.69) is 148 Å². The molecule has 1 aliphatic carbocycles. The van der Waals surface area contributed by atoms with Gasteiger partial charge in [-0.05, 0) is 78.7 Å². The van der Waals surface area contributed by atoms with E-state index < -0.39 is 23.7 Å². The molecule has 1 aromatic heterocycles. The lowest BCUT2D eigenvalue weighted by atomic mass is 9.64. The minimum absolute atomic E-state index is 0.416. The van der Waals surface area contributed by atoms with Crippen molar-refractivity contribution in [1.29, 1.82) is 0 Å². The molecule has 6 aromatic rings. The summed E-state index contributed by atoms with van der Waals surface area (Å²) in [4.78, 5) is 5.26. The van der Waals surface area contributed by atoms with Crippen LogP contribution in [0.3, 0.4) is 0 Å². The maximum absolute atomic E-state index is 6.56. The first-order valence-electron chi connectivity index (χ1n) is 15.1. The highest BCUT2D eigenvalue weighted by atomic mass is 16.7. The third-order valence-electron chi connectivity index (χ3n) is 10.3. The molecule has 1 fully saturated rings. The van der Waals surface area contributed by atoms with Gasteiger partial charge in [-0.1, -0.05) is 103 Å². The van der Waals surface area contributed by atoms with Gasteiger partial charge in [0, 0.05) is 5.56 Å². The molecule has 0 radical (unpaired) electrons. The number of imidazole rings is 1. The number of nitrogens with zero attached hydrogens (tertiary/aromatic N) is 2. The first kappa shape index (κ1) is 25.1. The largest absolute Gasteiger partial charge is 0.494 e. The van der Waals surface area contributed by atoms with Gasteiger partial charge in [-0.2, -0.15) is 0 Å². The molecule has 9 rings (SSSR count). The molecule has 0 bridgehead atoms. The second kappa shape index (κ2) is 8.34. The van der Waals surface area contributed by atoms with Crippen LogP contribution >= 0.6 is 0 Å². The highest BCUT2D eigenvalue weighted by Gasteiger charge is 2.54. The van der Waals surface area contributed by atoms with Gasteiger partial charge in [-0.3, -0.25) is 4.57 Å². The van der Waals surface area contributed by atoms with E-state index in [-0.39, 0.29) is 0 Å². The molecule has 43 heavy (non-hydrogen) atoms. The van der Waals surface area contributed by atoms with Crippen molar-refractivity contribution in [3.8, 4) is 28.2 Å². The Bertz CT molecular complexity index is 2100. The Morgan fingerprint density at radius 3 is 2.05 bits per heavy atom. The lowest BCUT2D eigenvalue weighted by Gasteiger charge is -2.39. The summed E-state index contributed by atoms with van der Waals surface area (Å²) < 4.78 is 15.5. The van der Waals surface area contributed by atoms with Gasteiger partial charge < -0.3 is 9.31 Å². The lowest BCUT2D eigenvalue weighted by Crippen LogP contribution is -2.41. The number of benzene rings is 5. The third-order valence-corrected chi connectivity index (χ3v) is 10.3. The first-order valence-corrected chi connectivity index (χ1v) is 15.1. The zero-order valence-corrected chi connectivity index (χ0v) is 24.8. The Balaban J connectivity index is 1.39. The monoisotopic (exact) mass is 558 g/mol. The Morgan fingerprint density at radius 1 is 0.605 bits per heavy atom. The van der Waals surface area contributed by atoms with E-state index in [1.165, 1.54) is 33.4 Å². The van der Waals surface area contributed by atoms with Gasteiger partial charge in [0.25, 0.3) is 0 Å². The molecule has 0 saturated carbocycles. The van der Waals surface area contributed by atoms with Crippen LogP contribution in [0, 0.1) is 0 Å². The fraction of sp³-hybridized carbons (Fsp3) is 0.184. The smallest absolute Gasteiger partial charge is 0.399 e. The Labute approximate surface area is 252 Å². The maximum atomic E-state index is 6.56. The van der Waals surface area contributed by atoms with E-state index in [1.54, 1.807) is 0 Å². The summed E-state index contributed by atoms with van der Waals surface area (Å²) >= 11 is 0. The van der Waals surface area contributed by atoms with E-state index >= 15 is 0 Å². The molecule has 4 nitrogen and oxygen atoms in total. The average molecular weight is 558 g/mol. The maximum Gasteiger partial charge on any atom is 0.494 e. The van der Waals surface area contributed by atoms with Crippen molar-refractivity contribution < 1.29 is 9.31 Å². The molecule has 0 N–H and O–H groups in total. The lowest BCUT2D eigenvalue weighted by molar-refractivity contribution is 0.00578. The van der Waals surface area contributed by atoms with Gasteiger partial charge >= 0.3 is 7.12 Å². The number of aromatic nitrogens is 2. The van der Waals surface area contributed by atoms with Gasteiger partial charge in [-0.25, -0.2) is 4.98 Å². The van der Waals surface area contributed by atoms with Gasteiger partial charge in [0.05, 0.1) is 33.3 Å². The molecule has 3 aliphatic rings. The molecule has 2 aliphatic heterocycles. The highest BCUT2D eigenvalue weighted by molar-refractivity contribution is 6.62. The van der Waals surface area contributed by atoms with Crippen LogP contribution < -0.4 is 5.46 Å². The zero-order chi connectivity index (χ0) is 29.1. The van der Waals surface area contributed by atoms with Crippen LogP contribution in [-0.2, 0) is 14.7 Å². The van der Waals surface area contributed by atoms with Gasteiger partial charge in [0.2, 0.25) is 0 Å². The molecule has 1 saturated heterocycles. The quantitative estimate of drug-likeness (QED) is 0.204. The number of hydrogen-bond acceptors (Lipinski definition) is 3. The number of rotatable bonds is 2. The predicted molar refractivity (Wildman–Crippen MR) is 173 cm³/mol. The fourth-order valence-electron chi connectivity index (χ4n) is 7.58. The zero-order valence-electron chi connectivity index (χ0n) is 24.8. The number of para-hydroxylation sites is 2. The van der Waals surface area contributed by atoms with E-state index in [4.69, 9.17) is 14.3 Å². The van der Waals surface area contributed by atoms with Gasteiger partial charge in [-0.15, -0.1) is 0 Å². The first-order chi connectivity index (χ1) is 20.8. The van der Waals surface area contributed by atoms with Crippen LogP contribution in [0.25, 0.3) is 39.2 Å². The normalized spacial score (nSPS) is 20.3. The van der Waals surface area contributed by atoms with Crippen molar-refractivity contribution >= 4 is 23.6 Å². The molecule has 208 valence electrons. The molecular weight excluding hydrogens is 527 g/mol. The van der Waals surface area contributed by atoms with Crippen molar-refractivity contribution in [2.45, 2.75) is 44.3 Å². The van der Waals surface area contributed by atoms with Crippen LogP contribution in [0.5, 0.6) is 0 Å². The van der Waals surface area contributed by atoms with Crippen molar-refractivity contribution in [1.82, 2.24) is 9.55 Å². The summed E-state index contributed by atoms with van der Waals surface area (Å²) in [7, 11) is -0.444. The van der Waals surface area contributed by atoms with Crippen LogP contribution in [0.4, 0.5) is 0 Å². The molecular formula is C38H31BN2O2. The summed E-state index contributed by atoms with van der Waals surface area (Å²) in [6, 6.07) is 41.7. The molecule has 1 unspecified atom stereocenters. The third kappa shape index (κ3) is 3.11. The van der Waals surface area contributed by atoms with Crippen molar-refractivity contribution in [3.63, 3.8) is 0 Å². The van der Waals surface area contributed by atoms with E-state index in [9.17, 15) is 0 Å². The molecule has 5 aromatic carbocycles. The van der Waals surface area contributed by atoms with E-state index in [0.29, 0.717) is 0 Å². The summed E-state index contributed by atoms with van der Waals surface area (Å²) in [6.45, 7) is 8.45. The van der Waals surface area contributed by atoms with E-state index in [1.807, 2.05) is 0 Å². The Hall–Kier alpha value is -4.45. The Morgan fingerprint density at radius 2 is 1.26 bits per heavy atom. The fourth-order valence-corrected chi connectivity index (χ4v) is 7.58. The van der Waals surface area contributed by atoms with Crippen molar-refractivity contribution in [3.05, 3.63) is 138 Å². The Kier molecular flexibility index (Phi) is 4.87. The van der Waals surface area contributed by atoms with Gasteiger partial charge in [0.15, 0.2) is 0 Å². The van der Waals surface area contributed by atoms with Crippen molar-refractivity contribution in [2.75, 3.05) is 0 Å². The summed E-state index contributed by atoms with van der Waals surface area (Å²) in [5.41, 5.74) is 11.7. The second-order valence-electron chi connectivity index (χ2n) is 13.0. The topological polar surface area (TPSA) is 36.3 Å². The van der Waals surface area contributed by atoms with Gasteiger partial charge in [0.1, 0.15) is 5.82 Å². The number of fused-ring (bicyclic) bond motifs is 9. The summed E-state index contributed by atoms with van der Waals surface area (Å²) in [6.07, 6.45) is 0. The SMILES string of the molecule is CC1(C)OB(c2ccc3c(c2)C2(c4ccccc4-3)c3ccccc3-n3c(-c4ccccc4)nc4cccc2c43)OC1(C)C. The predicted octanol–water partition coefficient (Wildman–Crippen LogP) is 7.67. The summed E-state index contributed by atoms with van der Waals surface area (Å²) in [5, 5.41) is 0. The average Bonchev–Trinajstić information content (AvgIpc) is 3.62. The van der Waals surface area contributed by atoms with E-state index in [0.717, 1.165) is 33.6 Å². The number of hydrogen-bond donors (Lipinski definition) is 0.